The number of nitrogens with zero attached hydrogens (tertiary/aromatic N) is 1. The molecule has 19 heavy (non-hydrogen) atoms. The van der Waals surface area contributed by atoms with E-state index in [1.165, 1.54) is 25.7 Å². The molecule has 0 aromatic carbocycles. The highest BCUT2D eigenvalue weighted by molar-refractivity contribution is 5.93. The zero-order valence-electron chi connectivity index (χ0n) is 12.4. The Morgan fingerprint density at radius 2 is 1.68 bits per heavy atom. The normalized spacial score (nSPS) is 29.6. The van der Waals surface area contributed by atoms with E-state index in [1.807, 2.05) is 25.7 Å². The lowest BCUT2D eigenvalue weighted by Gasteiger charge is -2.38. The first-order valence-corrected chi connectivity index (χ1v) is 7.55. The third kappa shape index (κ3) is 3.10. The second-order valence-electron chi connectivity index (χ2n) is 6.58. The van der Waals surface area contributed by atoms with Crippen molar-refractivity contribution >= 4 is 11.8 Å². The molecule has 1 N–H and O–H groups in total. The number of amides is 2. The van der Waals surface area contributed by atoms with Crippen LogP contribution >= 0.6 is 0 Å². The molecule has 1 saturated carbocycles. The number of carbonyl (C=O) groups is 2. The molecule has 2 aliphatic rings. The molecule has 0 bridgehead atoms. The van der Waals surface area contributed by atoms with E-state index in [2.05, 4.69) is 5.32 Å². The second kappa shape index (κ2) is 5.51. The van der Waals surface area contributed by atoms with E-state index in [1.54, 1.807) is 0 Å². The predicted molar refractivity (Wildman–Crippen MR) is 74.6 cm³/mol. The first kappa shape index (κ1) is 14.4. The maximum atomic E-state index is 12.7. The Morgan fingerprint density at radius 3 is 2.26 bits per heavy atom. The lowest BCUT2D eigenvalue weighted by atomic mass is 9.99. The van der Waals surface area contributed by atoms with Crippen molar-refractivity contribution in [1.29, 1.82) is 0 Å². The molecule has 1 aliphatic heterocycles. The fourth-order valence-corrected chi connectivity index (χ4v) is 3.40. The summed E-state index contributed by atoms with van der Waals surface area (Å²) in [5.74, 6) is 0.0692. The molecule has 1 unspecified atom stereocenters. The summed E-state index contributed by atoms with van der Waals surface area (Å²) in [5, 5.41) is 2.85. The molecule has 2 rings (SSSR count). The van der Waals surface area contributed by atoms with Gasteiger partial charge in [0.2, 0.25) is 11.8 Å². The van der Waals surface area contributed by atoms with Crippen molar-refractivity contribution in [3.63, 3.8) is 0 Å². The van der Waals surface area contributed by atoms with Gasteiger partial charge in [-0.15, -0.1) is 0 Å². The summed E-state index contributed by atoms with van der Waals surface area (Å²) in [6.45, 7) is 5.63. The smallest absolute Gasteiger partial charge is 0.248 e. The van der Waals surface area contributed by atoms with Gasteiger partial charge < -0.3 is 10.2 Å². The van der Waals surface area contributed by atoms with Crippen LogP contribution in [0.2, 0.25) is 0 Å². The first-order chi connectivity index (χ1) is 8.92. The number of carbonyl (C=O) groups excluding carboxylic acids is 2. The summed E-state index contributed by atoms with van der Waals surface area (Å²) < 4.78 is 0. The van der Waals surface area contributed by atoms with Crippen LogP contribution in [0.4, 0.5) is 0 Å². The fraction of sp³-hybridized carbons (Fsp3) is 0.867. The molecule has 1 atom stereocenters. The molecule has 0 radical (unpaired) electrons. The number of nitrogens with one attached hydrogen (secondary N) is 1. The summed E-state index contributed by atoms with van der Waals surface area (Å²) in [4.78, 5) is 26.6. The zero-order valence-corrected chi connectivity index (χ0v) is 12.4. The van der Waals surface area contributed by atoms with Crippen LogP contribution in [0, 0.1) is 0 Å². The van der Waals surface area contributed by atoms with Gasteiger partial charge in [0.05, 0.1) is 0 Å². The van der Waals surface area contributed by atoms with Gasteiger partial charge >= 0.3 is 0 Å². The Labute approximate surface area is 115 Å². The van der Waals surface area contributed by atoms with Crippen molar-refractivity contribution in [2.24, 2.45) is 0 Å². The molecule has 0 aromatic heterocycles. The average Bonchev–Trinajstić information content (AvgIpc) is 2.59. The molecule has 1 aliphatic carbocycles. The number of hydrogen-bond donors (Lipinski definition) is 1. The van der Waals surface area contributed by atoms with Crippen LogP contribution in [0.5, 0.6) is 0 Å². The maximum Gasteiger partial charge on any atom is 0.248 e. The van der Waals surface area contributed by atoms with Crippen LogP contribution in [0.3, 0.4) is 0 Å². The Kier molecular flexibility index (Phi) is 4.16. The van der Waals surface area contributed by atoms with Gasteiger partial charge in [0.25, 0.3) is 0 Å². The van der Waals surface area contributed by atoms with Crippen LogP contribution < -0.4 is 5.32 Å². The van der Waals surface area contributed by atoms with Gasteiger partial charge in [-0.05, 0) is 33.6 Å². The maximum absolute atomic E-state index is 12.7. The van der Waals surface area contributed by atoms with Gasteiger partial charge in [0.15, 0.2) is 0 Å². The van der Waals surface area contributed by atoms with E-state index >= 15 is 0 Å². The monoisotopic (exact) mass is 266 g/mol. The van der Waals surface area contributed by atoms with Crippen LogP contribution in [0.1, 0.15) is 65.7 Å². The molecule has 1 heterocycles. The molecule has 108 valence electrons. The van der Waals surface area contributed by atoms with E-state index in [0.29, 0.717) is 12.5 Å². The topological polar surface area (TPSA) is 49.4 Å². The van der Waals surface area contributed by atoms with Gasteiger partial charge in [-0.3, -0.25) is 9.59 Å². The largest absolute Gasteiger partial charge is 0.342 e. The quantitative estimate of drug-likeness (QED) is 0.740. The second-order valence-corrected chi connectivity index (χ2v) is 6.58. The standard InChI is InChI=1S/C15H26N2O2/c1-11-10-13(18)16-15(2,3)14(19)17(11)12-8-6-4-5-7-9-12/h11-12H,4-10H2,1-3H3,(H,16,18). The van der Waals surface area contributed by atoms with Gasteiger partial charge in [-0.1, -0.05) is 25.7 Å². The fourth-order valence-electron chi connectivity index (χ4n) is 3.40. The molecule has 4 nitrogen and oxygen atoms in total. The summed E-state index contributed by atoms with van der Waals surface area (Å²) in [5.41, 5.74) is -0.770. The molecular weight excluding hydrogens is 240 g/mol. The van der Waals surface area contributed by atoms with Crippen molar-refractivity contribution in [2.75, 3.05) is 0 Å². The number of hydrogen-bond acceptors (Lipinski definition) is 2. The highest BCUT2D eigenvalue weighted by Crippen LogP contribution is 2.28. The Morgan fingerprint density at radius 1 is 1.11 bits per heavy atom. The summed E-state index contributed by atoms with van der Waals surface area (Å²) >= 11 is 0. The Balaban J connectivity index is 2.23. The molecule has 0 spiro atoms. The van der Waals surface area contributed by atoms with Crippen molar-refractivity contribution in [1.82, 2.24) is 10.2 Å². The van der Waals surface area contributed by atoms with Crippen LogP contribution in [-0.4, -0.2) is 34.3 Å². The Bertz CT molecular complexity index is 357. The third-order valence-electron chi connectivity index (χ3n) is 4.39. The average molecular weight is 266 g/mol. The van der Waals surface area contributed by atoms with Crippen molar-refractivity contribution < 1.29 is 9.59 Å². The van der Waals surface area contributed by atoms with Crippen LogP contribution in [0.25, 0.3) is 0 Å². The van der Waals surface area contributed by atoms with E-state index in [4.69, 9.17) is 0 Å². The minimum atomic E-state index is -0.770. The van der Waals surface area contributed by atoms with Crippen molar-refractivity contribution in [3.8, 4) is 0 Å². The summed E-state index contributed by atoms with van der Waals surface area (Å²) in [6.07, 6.45) is 7.53. The molecule has 2 fully saturated rings. The van der Waals surface area contributed by atoms with E-state index in [0.717, 1.165) is 12.8 Å². The highest BCUT2D eigenvalue weighted by atomic mass is 16.2. The van der Waals surface area contributed by atoms with Gasteiger partial charge in [-0.25, -0.2) is 0 Å². The third-order valence-corrected chi connectivity index (χ3v) is 4.39. The lowest BCUT2D eigenvalue weighted by Crippen LogP contribution is -2.56. The molecule has 4 heteroatoms. The summed E-state index contributed by atoms with van der Waals surface area (Å²) in [6, 6.07) is 0.328. The molecule has 2 amide bonds. The molecule has 1 saturated heterocycles. The van der Waals surface area contributed by atoms with Gasteiger partial charge in [-0.2, -0.15) is 0 Å². The SMILES string of the molecule is CC1CC(=O)NC(C)(C)C(=O)N1C1CCCCCC1. The van der Waals surface area contributed by atoms with Crippen molar-refractivity contribution in [2.45, 2.75) is 83.3 Å². The number of rotatable bonds is 1. The van der Waals surface area contributed by atoms with Crippen LogP contribution in [-0.2, 0) is 9.59 Å². The van der Waals surface area contributed by atoms with Crippen molar-refractivity contribution in [3.05, 3.63) is 0 Å². The zero-order chi connectivity index (χ0) is 14.0. The highest BCUT2D eigenvalue weighted by Gasteiger charge is 2.42. The van der Waals surface area contributed by atoms with Gasteiger partial charge in [0.1, 0.15) is 5.54 Å². The van der Waals surface area contributed by atoms with E-state index in [-0.39, 0.29) is 17.9 Å². The predicted octanol–water partition coefficient (Wildman–Crippen LogP) is 2.22. The van der Waals surface area contributed by atoms with Crippen LogP contribution in [0.15, 0.2) is 0 Å². The molecular formula is C15H26N2O2. The van der Waals surface area contributed by atoms with E-state index < -0.39 is 5.54 Å². The molecule has 0 aromatic rings. The summed E-state index contributed by atoms with van der Waals surface area (Å²) in [7, 11) is 0. The Hall–Kier alpha value is -1.06. The minimum absolute atomic E-state index is 0.0115. The van der Waals surface area contributed by atoms with Gasteiger partial charge in [0, 0.05) is 18.5 Å². The van der Waals surface area contributed by atoms with E-state index in [9.17, 15) is 9.59 Å². The first-order valence-electron chi connectivity index (χ1n) is 7.55. The lowest BCUT2D eigenvalue weighted by molar-refractivity contribution is -0.141. The minimum Gasteiger partial charge on any atom is -0.342 e.